The van der Waals surface area contributed by atoms with Crippen molar-refractivity contribution in [1.82, 2.24) is 14.5 Å². The van der Waals surface area contributed by atoms with E-state index in [1.54, 1.807) is 11.8 Å². The number of amides is 1. The van der Waals surface area contributed by atoms with Gasteiger partial charge in [-0.05, 0) is 37.9 Å². The van der Waals surface area contributed by atoms with Crippen molar-refractivity contribution in [1.29, 1.82) is 0 Å². The molecule has 1 amide bonds. The van der Waals surface area contributed by atoms with Crippen LogP contribution < -0.4 is 0 Å². The van der Waals surface area contributed by atoms with Crippen LogP contribution in [0, 0.1) is 5.92 Å². The Morgan fingerprint density at radius 3 is 3.05 bits per heavy atom. The molecule has 0 N–H and O–H groups in total. The Hall–Kier alpha value is -0.970. The minimum Gasteiger partial charge on any atom is -0.342 e. The molecule has 21 heavy (non-hydrogen) atoms. The normalized spacial score (nSPS) is 22.5. The van der Waals surface area contributed by atoms with E-state index in [1.165, 1.54) is 18.7 Å². The van der Waals surface area contributed by atoms with Gasteiger partial charge in [0.25, 0.3) is 0 Å². The number of thioether (sulfide) groups is 1. The van der Waals surface area contributed by atoms with Crippen LogP contribution in [-0.2, 0) is 11.3 Å². The maximum Gasteiger partial charge on any atom is 0.223 e. The summed E-state index contributed by atoms with van der Waals surface area (Å²) in [4.78, 5) is 18.9. The first-order valence-electron chi connectivity index (χ1n) is 8.05. The third-order valence-electron chi connectivity index (χ3n) is 4.56. The van der Waals surface area contributed by atoms with Gasteiger partial charge >= 0.3 is 0 Å². The van der Waals surface area contributed by atoms with E-state index < -0.39 is 0 Å². The van der Waals surface area contributed by atoms with E-state index in [-0.39, 0.29) is 0 Å². The van der Waals surface area contributed by atoms with Crippen molar-refractivity contribution in [2.24, 2.45) is 5.92 Å². The minimum absolute atomic E-state index is 0.314. The van der Waals surface area contributed by atoms with Crippen LogP contribution >= 0.6 is 11.8 Å². The maximum atomic E-state index is 12.2. The zero-order valence-electron chi connectivity index (χ0n) is 12.8. The lowest BCUT2D eigenvalue weighted by atomic mass is 9.97. The van der Waals surface area contributed by atoms with Crippen LogP contribution in [0.1, 0.15) is 43.8 Å². The van der Waals surface area contributed by atoms with E-state index in [0.717, 1.165) is 44.1 Å². The van der Waals surface area contributed by atoms with Crippen LogP contribution in [0.25, 0.3) is 0 Å². The molecule has 116 valence electrons. The summed E-state index contributed by atoms with van der Waals surface area (Å²) in [5.41, 5.74) is 0. The second kappa shape index (κ2) is 6.86. The Balaban J connectivity index is 1.62. The smallest absolute Gasteiger partial charge is 0.223 e. The highest BCUT2D eigenvalue weighted by molar-refractivity contribution is 7.98. The Morgan fingerprint density at radius 1 is 1.43 bits per heavy atom. The monoisotopic (exact) mass is 307 g/mol. The fourth-order valence-corrected chi connectivity index (χ4v) is 3.55. The third kappa shape index (κ3) is 3.82. The topological polar surface area (TPSA) is 38.1 Å². The Morgan fingerprint density at radius 2 is 2.29 bits per heavy atom. The second-order valence-electron chi connectivity index (χ2n) is 6.30. The molecule has 1 unspecified atom stereocenters. The first kappa shape index (κ1) is 14.9. The maximum absolute atomic E-state index is 12.2. The lowest BCUT2D eigenvalue weighted by Gasteiger charge is -2.32. The summed E-state index contributed by atoms with van der Waals surface area (Å²) >= 11 is 1.74. The highest BCUT2D eigenvalue weighted by atomic mass is 32.2. The largest absolute Gasteiger partial charge is 0.342 e. The summed E-state index contributed by atoms with van der Waals surface area (Å²) in [5.74, 6) is 3.72. The molecule has 1 aromatic rings. The zero-order chi connectivity index (χ0) is 14.7. The molecule has 0 spiro atoms. The standard InChI is InChI=1S/C16H25N3OS/c1-21-10-6-15(20)18-8-2-3-14(12-18)16-17-7-9-19(16)11-13-4-5-13/h7,9,13-14H,2-6,8,10-12H2,1H3. The van der Waals surface area contributed by atoms with Gasteiger partial charge in [0.05, 0.1) is 0 Å². The van der Waals surface area contributed by atoms with Gasteiger partial charge in [0, 0.05) is 50.1 Å². The molecule has 0 bridgehead atoms. The molecule has 1 atom stereocenters. The molecule has 0 radical (unpaired) electrons. The fourth-order valence-electron chi connectivity index (χ4n) is 3.18. The van der Waals surface area contributed by atoms with Crippen LogP contribution in [0.15, 0.2) is 12.4 Å². The Labute approximate surface area is 131 Å². The molecule has 2 fully saturated rings. The van der Waals surface area contributed by atoms with Gasteiger partial charge < -0.3 is 9.47 Å². The van der Waals surface area contributed by atoms with Gasteiger partial charge in [-0.1, -0.05) is 0 Å². The summed E-state index contributed by atoms with van der Waals surface area (Å²) in [6.07, 6.45) is 11.8. The van der Waals surface area contributed by atoms with E-state index in [0.29, 0.717) is 18.2 Å². The summed E-state index contributed by atoms with van der Waals surface area (Å²) in [6, 6.07) is 0. The van der Waals surface area contributed by atoms with Gasteiger partial charge in [0.1, 0.15) is 5.82 Å². The van der Waals surface area contributed by atoms with Gasteiger partial charge in [-0.3, -0.25) is 4.79 Å². The summed E-state index contributed by atoms with van der Waals surface area (Å²) in [6.45, 7) is 2.90. The van der Waals surface area contributed by atoms with Crippen molar-refractivity contribution >= 4 is 17.7 Å². The molecule has 1 aromatic heterocycles. The molecule has 4 nitrogen and oxygen atoms in total. The molecular formula is C16H25N3OS. The summed E-state index contributed by atoms with van der Waals surface area (Å²) < 4.78 is 2.33. The second-order valence-corrected chi connectivity index (χ2v) is 7.29. The van der Waals surface area contributed by atoms with E-state index >= 15 is 0 Å². The van der Waals surface area contributed by atoms with E-state index in [9.17, 15) is 4.79 Å². The quantitative estimate of drug-likeness (QED) is 0.811. The number of rotatable bonds is 6. The molecule has 0 aromatic carbocycles. The Bertz CT molecular complexity index is 484. The average molecular weight is 307 g/mol. The predicted octanol–water partition coefficient (Wildman–Crippen LogP) is 2.75. The molecular weight excluding hydrogens is 282 g/mol. The first-order chi connectivity index (χ1) is 10.3. The SMILES string of the molecule is CSCCC(=O)N1CCCC(c2nccn2CC2CC2)C1. The van der Waals surface area contributed by atoms with Gasteiger partial charge in [-0.2, -0.15) is 11.8 Å². The number of likely N-dealkylation sites (tertiary alicyclic amines) is 1. The number of piperidine rings is 1. The minimum atomic E-state index is 0.314. The van der Waals surface area contributed by atoms with E-state index in [2.05, 4.69) is 26.9 Å². The van der Waals surface area contributed by atoms with E-state index in [4.69, 9.17) is 0 Å². The number of nitrogens with zero attached hydrogens (tertiary/aromatic N) is 3. The van der Waals surface area contributed by atoms with Gasteiger partial charge in [-0.15, -0.1) is 0 Å². The zero-order valence-corrected chi connectivity index (χ0v) is 13.6. The highest BCUT2D eigenvalue weighted by Gasteiger charge is 2.29. The van der Waals surface area contributed by atoms with Gasteiger partial charge in [-0.25, -0.2) is 4.98 Å². The van der Waals surface area contributed by atoms with Crippen molar-refractivity contribution in [2.45, 2.75) is 44.6 Å². The number of hydrogen-bond acceptors (Lipinski definition) is 3. The van der Waals surface area contributed by atoms with Crippen LogP contribution in [0.2, 0.25) is 0 Å². The average Bonchev–Trinajstić information content (AvgIpc) is 3.20. The van der Waals surface area contributed by atoms with Crippen molar-refractivity contribution in [3.63, 3.8) is 0 Å². The molecule has 2 heterocycles. The van der Waals surface area contributed by atoms with Crippen molar-refractivity contribution in [3.05, 3.63) is 18.2 Å². The lowest BCUT2D eigenvalue weighted by molar-refractivity contribution is -0.132. The van der Waals surface area contributed by atoms with E-state index in [1.807, 2.05) is 6.20 Å². The van der Waals surface area contributed by atoms with Crippen LogP contribution in [-0.4, -0.2) is 45.5 Å². The number of carbonyl (C=O) groups is 1. The number of imidazole rings is 1. The van der Waals surface area contributed by atoms with Crippen LogP contribution in [0.5, 0.6) is 0 Å². The lowest BCUT2D eigenvalue weighted by Crippen LogP contribution is -2.40. The third-order valence-corrected chi connectivity index (χ3v) is 5.17. The summed E-state index contributed by atoms with van der Waals surface area (Å²) in [5, 5.41) is 0. The molecule has 5 heteroatoms. The molecule has 2 aliphatic rings. The number of aromatic nitrogens is 2. The summed E-state index contributed by atoms with van der Waals surface area (Å²) in [7, 11) is 0. The van der Waals surface area contributed by atoms with Crippen LogP contribution in [0.3, 0.4) is 0 Å². The van der Waals surface area contributed by atoms with Gasteiger partial charge in [0.2, 0.25) is 5.91 Å². The fraction of sp³-hybridized carbons (Fsp3) is 0.750. The van der Waals surface area contributed by atoms with Crippen LogP contribution in [0.4, 0.5) is 0 Å². The molecule has 1 saturated heterocycles. The number of hydrogen-bond donors (Lipinski definition) is 0. The predicted molar refractivity (Wildman–Crippen MR) is 86.5 cm³/mol. The van der Waals surface area contributed by atoms with Gasteiger partial charge in [0.15, 0.2) is 0 Å². The molecule has 1 aliphatic carbocycles. The van der Waals surface area contributed by atoms with Crippen molar-refractivity contribution in [2.75, 3.05) is 25.1 Å². The molecule has 3 rings (SSSR count). The highest BCUT2D eigenvalue weighted by Crippen LogP contribution is 2.33. The Kier molecular flexibility index (Phi) is 4.88. The van der Waals surface area contributed by atoms with Crippen molar-refractivity contribution < 1.29 is 4.79 Å². The molecule has 1 saturated carbocycles. The number of carbonyl (C=O) groups excluding carboxylic acids is 1. The molecule has 1 aliphatic heterocycles. The van der Waals surface area contributed by atoms with Crippen molar-refractivity contribution in [3.8, 4) is 0 Å². The first-order valence-corrected chi connectivity index (χ1v) is 9.45.